The summed E-state index contributed by atoms with van der Waals surface area (Å²) < 4.78 is 27.3. The molecule has 0 spiro atoms. The monoisotopic (exact) mass is 362 g/mol. The van der Waals surface area contributed by atoms with Crippen molar-refractivity contribution in [2.24, 2.45) is 0 Å². The lowest BCUT2D eigenvalue weighted by atomic mass is 10.4. The Kier molecular flexibility index (Phi) is 4.24. The van der Waals surface area contributed by atoms with Gasteiger partial charge in [-0.3, -0.25) is 4.72 Å². The van der Waals surface area contributed by atoms with Crippen LogP contribution < -0.4 is 4.72 Å². The van der Waals surface area contributed by atoms with Gasteiger partial charge in [-0.05, 0) is 41.1 Å². The highest BCUT2D eigenvalue weighted by Gasteiger charge is 2.21. The fraction of sp³-hybridized carbons (Fsp3) is 0.182. The van der Waals surface area contributed by atoms with E-state index < -0.39 is 10.0 Å². The van der Waals surface area contributed by atoms with Crippen LogP contribution in [-0.2, 0) is 16.6 Å². The standard InChI is InChI=1S/C11H11BrN2O3S2/c1-7-3-2-4-10(13-7)14-19(16,17)9-5-8(6-15)18-11(9)12/h2-5,15H,6H2,1H3,(H,13,14). The number of hydrogen-bond acceptors (Lipinski definition) is 5. The third-order valence-corrected chi connectivity index (χ3v) is 5.87. The van der Waals surface area contributed by atoms with Gasteiger partial charge in [0.05, 0.1) is 10.4 Å². The summed E-state index contributed by atoms with van der Waals surface area (Å²) in [5.41, 5.74) is 0.723. The van der Waals surface area contributed by atoms with Crippen molar-refractivity contribution in [2.45, 2.75) is 18.4 Å². The van der Waals surface area contributed by atoms with Crippen molar-refractivity contribution < 1.29 is 13.5 Å². The van der Waals surface area contributed by atoms with E-state index in [0.29, 0.717) is 8.66 Å². The Morgan fingerprint density at radius 2 is 2.21 bits per heavy atom. The average Bonchev–Trinajstić information content (AvgIpc) is 2.71. The molecule has 0 fully saturated rings. The normalized spacial score (nSPS) is 11.5. The summed E-state index contributed by atoms with van der Waals surface area (Å²) in [6.45, 7) is 1.59. The number of aliphatic hydroxyl groups excluding tert-OH is 1. The van der Waals surface area contributed by atoms with Crippen molar-refractivity contribution in [3.8, 4) is 0 Å². The maximum atomic E-state index is 12.2. The summed E-state index contributed by atoms with van der Waals surface area (Å²) in [7, 11) is -3.71. The van der Waals surface area contributed by atoms with Crippen molar-refractivity contribution in [2.75, 3.05) is 4.72 Å². The Morgan fingerprint density at radius 1 is 1.47 bits per heavy atom. The molecule has 2 N–H and O–H groups in total. The first-order valence-electron chi connectivity index (χ1n) is 5.28. The SMILES string of the molecule is Cc1cccc(NS(=O)(=O)c2cc(CO)sc2Br)n1. The van der Waals surface area contributed by atoms with E-state index in [1.165, 1.54) is 17.4 Å². The molecule has 2 aromatic heterocycles. The van der Waals surface area contributed by atoms with E-state index in [-0.39, 0.29) is 17.3 Å². The number of rotatable bonds is 4. The highest BCUT2D eigenvalue weighted by atomic mass is 79.9. The average molecular weight is 363 g/mol. The second kappa shape index (κ2) is 5.58. The van der Waals surface area contributed by atoms with Crippen molar-refractivity contribution >= 4 is 43.1 Å². The van der Waals surface area contributed by atoms with Crippen molar-refractivity contribution in [3.05, 3.63) is 38.6 Å². The largest absolute Gasteiger partial charge is 0.391 e. The third kappa shape index (κ3) is 3.33. The van der Waals surface area contributed by atoms with E-state index >= 15 is 0 Å². The predicted octanol–water partition coefficient (Wildman–Crippen LogP) is 2.51. The molecular formula is C11H11BrN2O3S2. The van der Waals surface area contributed by atoms with Gasteiger partial charge in [0.15, 0.2) is 0 Å². The molecule has 19 heavy (non-hydrogen) atoms. The topological polar surface area (TPSA) is 79.3 Å². The zero-order valence-corrected chi connectivity index (χ0v) is 13.1. The molecule has 0 amide bonds. The Morgan fingerprint density at radius 3 is 2.79 bits per heavy atom. The molecule has 2 aromatic rings. The van der Waals surface area contributed by atoms with Crippen LogP contribution in [0.25, 0.3) is 0 Å². The van der Waals surface area contributed by atoms with Gasteiger partial charge in [-0.2, -0.15) is 0 Å². The van der Waals surface area contributed by atoms with E-state index in [0.717, 1.165) is 5.69 Å². The number of aryl methyl sites for hydroxylation is 1. The van der Waals surface area contributed by atoms with Gasteiger partial charge in [-0.15, -0.1) is 11.3 Å². The summed E-state index contributed by atoms with van der Waals surface area (Å²) in [6, 6.07) is 6.52. The van der Waals surface area contributed by atoms with E-state index in [1.807, 2.05) is 0 Å². The van der Waals surface area contributed by atoms with Crippen LogP contribution in [0.5, 0.6) is 0 Å². The minimum atomic E-state index is -3.71. The Labute approximate surface area is 123 Å². The van der Waals surface area contributed by atoms with Crippen LogP contribution in [0.3, 0.4) is 0 Å². The molecule has 0 saturated carbocycles. The molecule has 0 aliphatic rings. The molecule has 0 radical (unpaired) electrons. The van der Waals surface area contributed by atoms with E-state index in [2.05, 4.69) is 25.6 Å². The Bertz CT molecular complexity index is 698. The lowest BCUT2D eigenvalue weighted by Gasteiger charge is -2.06. The van der Waals surface area contributed by atoms with Crippen LogP contribution in [0.1, 0.15) is 10.6 Å². The Balaban J connectivity index is 2.34. The van der Waals surface area contributed by atoms with E-state index in [9.17, 15) is 8.42 Å². The lowest BCUT2D eigenvalue weighted by molar-refractivity contribution is 0.285. The number of hydrogen-bond donors (Lipinski definition) is 2. The molecule has 2 heterocycles. The van der Waals surface area contributed by atoms with E-state index in [4.69, 9.17) is 5.11 Å². The maximum absolute atomic E-state index is 12.2. The van der Waals surface area contributed by atoms with Gasteiger partial charge in [-0.1, -0.05) is 6.07 Å². The molecule has 0 aromatic carbocycles. The van der Waals surface area contributed by atoms with Crippen LogP contribution >= 0.6 is 27.3 Å². The minimum absolute atomic E-state index is 0.102. The van der Waals surface area contributed by atoms with Crippen LogP contribution in [0.2, 0.25) is 0 Å². The summed E-state index contributed by atoms with van der Waals surface area (Å²) in [5, 5.41) is 9.03. The second-order valence-corrected chi connectivity index (χ2v) is 7.88. The van der Waals surface area contributed by atoms with E-state index in [1.54, 1.807) is 25.1 Å². The summed E-state index contributed by atoms with van der Waals surface area (Å²) in [6.07, 6.45) is 0. The number of anilines is 1. The Hall–Kier alpha value is -0.960. The summed E-state index contributed by atoms with van der Waals surface area (Å²) in [4.78, 5) is 4.76. The van der Waals surface area contributed by atoms with Gasteiger partial charge in [0.2, 0.25) is 0 Å². The molecule has 8 heteroatoms. The number of aliphatic hydroxyl groups is 1. The first-order chi connectivity index (χ1) is 8.92. The van der Waals surface area contributed by atoms with Gasteiger partial charge >= 0.3 is 0 Å². The molecule has 0 saturated heterocycles. The quantitative estimate of drug-likeness (QED) is 0.875. The zero-order valence-electron chi connectivity index (χ0n) is 9.92. The minimum Gasteiger partial charge on any atom is -0.391 e. The summed E-state index contributed by atoms with van der Waals surface area (Å²) in [5.74, 6) is 0.267. The van der Waals surface area contributed by atoms with Gasteiger partial charge in [0.1, 0.15) is 10.7 Å². The predicted molar refractivity (Wildman–Crippen MR) is 77.7 cm³/mol. The number of pyridine rings is 1. The molecule has 0 aliphatic carbocycles. The molecule has 0 bridgehead atoms. The van der Waals surface area contributed by atoms with Gasteiger partial charge < -0.3 is 5.11 Å². The van der Waals surface area contributed by atoms with Crippen LogP contribution in [-0.4, -0.2) is 18.5 Å². The molecule has 0 atom stereocenters. The molecule has 0 aliphatic heterocycles. The number of aromatic nitrogens is 1. The van der Waals surface area contributed by atoms with Gasteiger partial charge in [0, 0.05) is 10.6 Å². The zero-order chi connectivity index (χ0) is 14.0. The second-order valence-electron chi connectivity index (χ2n) is 3.78. The maximum Gasteiger partial charge on any atom is 0.265 e. The van der Waals surface area contributed by atoms with Crippen LogP contribution in [0.15, 0.2) is 32.9 Å². The molecule has 0 unspecified atom stereocenters. The fourth-order valence-corrected chi connectivity index (χ4v) is 5.00. The molecule has 2 rings (SSSR count). The first kappa shape index (κ1) is 14.4. The molecule has 102 valence electrons. The number of nitrogens with one attached hydrogen (secondary N) is 1. The van der Waals surface area contributed by atoms with Gasteiger partial charge in [0.25, 0.3) is 10.0 Å². The number of thiophene rings is 1. The first-order valence-corrected chi connectivity index (χ1v) is 8.37. The highest BCUT2D eigenvalue weighted by Crippen LogP contribution is 2.32. The number of halogens is 1. The van der Waals surface area contributed by atoms with Crippen molar-refractivity contribution in [1.82, 2.24) is 4.98 Å². The fourth-order valence-electron chi connectivity index (χ4n) is 1.45. The molecule has 5 nitrogen and oxygen atoms in total. The van der Waals surface area contributed by atoms with Gasteiger partial charge in [-0.25, -0.2) is 13.4 Å². The van der Waals surface area contributed by atoms with Crippen LogP contribution in [0.4, 0.5) is 5.82 Å². The number of nitrogens with zero attached hydrogens (tertiary/aromatic N) is 1. The smallest absolute Gasteiger partial charge is 0.265 e. The van der Waals surface area contributed by atoms with Crippen LogP contribution in [0, 0.1) is 6.92 Å². The summed E-state index contributed by atoms with van der Waals surface area (Å²) >= 11 is 4.37. The van der Waals surface area contributed by atoms with Crippen molar-refractivity contribution in [1.29, 1.82) is 0 Å². The van der Waals surface area contributed by atoms with Crippen molar-refractivity contribution in [3.63, 3.8) is 0 Å². The third-order valence-electron chi connectivity index (χ3n) is 2.28. The lowest BCUT2D eigenvalue weighted by Crippen LogP contribution is -2.13. The number of sulfonamides is 1. The molecular weight excluding hydrogens is 352 g/mol. The highest BCUT2D eigenvalue weighted by molar-refractivity contribution is 9.11.